The molecular weight excluding hydrogens is 224 g/mol. The maximum Gasteiger partial charge on any atom is 0.224 e. The lowest BCUT2D eigenvalue weighted by Gasteiger charge is -2.18. The zero-order valence-electron chi connectivity index (χ0n) is 10.8. The summed E-state index contributed by atoms with van der Waals surface area (Å²) in [4.78, 5) is 10.7. The van der Waals surface area contributed by atoms with Gasteiger partial charge in [-0.1, -0.05) is 30.3 Å². The minimum Gasteiger partial charge on any atom is -0.355 e. The number of anilines is 2. The van der Waals surface area contributed by atoms with Gasteiger partial charge in [0, 0.05) is 26.3 Å². The Balaban J connectivity index is 2.08. The van der Waals surface area contributed by atoms with Crippen molar-refractivity contribution in [1.82, 2.24) is 9.97 Å². The van der Waals surface area contributed by atoms with Gasteiger partial charge in [0.2, 0.25) is 5.95 Å². The summed E-state index contributed by atoms with van der Waals surface area (Å²) in [7, 11) is 2.03. The van der Waals surface area contributed by atoms with Crippen molar-refractivity contribution in [1.29, 1.82) is 0 Å². The fourth-order valence-electron chi connectivity index (χ4n) is 1.74. The van der Waals surface area contributed by atoms with Crippen molar-refractivity contribution in [2.24, 2.45) is 0 Å². The number of nitrogens with one attached hydrogen (secondary N) is 1. The first kappa shape index (κ1) is 12.4. The summed E-state index contributed by atoms with van der Waals surface area (Å²) in [5, 5.41) is 3.12. The average molecular weight is 242 g/mol. The minimum atomic E-state index is 0.676. The third kappa shape index (κ3) is 3.20. The maximum absolute atomic E-state index is 4.46. The molecule has 4 heteroatoms. The Hall–Kier alpha value is -2.10. The molecule has 0 aliphatic rings. The van der Waals surface area contributed by atoms with Crippen LogP contribution in [0.4, 0.5) is 11.8 Å². The van der Waals surface area contributed by atoms with Gasteiger partial charge in [-0.2, -0.15) is 4.98 Å². The molecule has 2 aromatic rings. The van der Waals surface area contributed by atoms with E-state index < -0.39 is 0 Å². The molecule has 2 rings (SSSR count). The Morgan fingerprint density at radius 2 is 1.94 bits per heavy atom. The Bertz CT molecular complexity index is 484. The normalized spacial score (nSPS) is 10.1. The molecular formula is C14H18N4. The van der Waals surface area contributed by atoms with E-state index in [1.807, 2.05) is 38.2 Å². The molecule has 0 aliphatic heterocycles. The van der Waals surface area contributed by atoms with Gasteiger partial charge in [-0.15, -0.1) is 0 Å². The van der Waals surface area contributed by atoms with Crippen molar-refractivity contribution < 1.29 is 0 Å². The third-order valence-electron chi connectivity index (χ3n) is 2.63. The summed E-state index contributed by atoms with van der Waals surface area (Å²) < 4.78 is 0. The number of aromatic nitrogens is 2. The van der Waals surface area contributed by atoms with Crippen LogP contribution in [0.15, 0.2) is 42.6 Å². The van der Waals surface area contributed by atoms with Crippen molar-refractivity contribution in [3.63, 3.8) is 0 Å². The van der Waals surface area contributed by atoms with Crippen LogP contribution >= 0.6 is 0 Å². The van der Waals surface area contributed by atoms with Crippen LogP contribution in [0.2, 0.25) is 0 Å². The van der Waals surface area contributed by atoms with Crippen molar-refractivity contribution in [3.05, 3.63) is 48.2 Å². The molecule has 0 fully saturated rings. The molecule has 0 amide bonds. The summed E-state index contributed by atoms with van der Waals surface area (Å²) >= 11 is 0. The van der Waals surface area contributed by atoms with E-state index in [0.717, 1.165) is 18.9 Å². The van der Waals surface area contributed by atoms with E-state index in [2.05, 4.69) is 32.3 Å². The van der Waals surface area contributed by atoms with Gasteiger partial charge >= 0.3 is 0 Å². The number of nitrogens with zero attached hydrogens (tertiary/aromatic N) is 3. The Kier molecular flexibility index (Phi) is 4.12. The summed E-state index contributed by atoms with van der Waals surface area (Å²) in [5.41, 5.74) is 1.27. The highest BCUT2D eigenvalue weighted by molar-refractivity contribution is 5.42. The number of benzene rings is 1. The van der Waals surface area contributed by atoms with Gasteiger partial charge in [-0.05, 0) is 18.6 Å². The highest BCUT2D eigenvalue weighted by Crippen LogP contribution is 2.13. The highest BCUT2D eigenvalue weighted by atomic mass is 15.2. The molecule has 1 heterocycles. The number of hydrogen-bond donors (Lipinski definition) is 1. The molecule has 0 bridgehead atoms. The van der Waals surface area contributed by atoms with E-state index >= 15 is 0 Å². The molecule has 0 aliphatic carbocycles. The molecule has 18 heavy (non-hydrogen) atoms. The van der Waals surface area contributed by atoms with E-state index in [1.165, 1.54) is 5.56 Å². The molecule has 0 saturated carbocycles. The Labute approximate surface area is 108 Å². The molecule has 1 N–H and O–H groups in total. The predicted octanol–water partition coefficient (Wildman–Crippen LogP) is 2.54. The Morgan fingerprint density at radius 3 is 2.67 bits per heavy atom. The highest BCUT2D eigenvalue weighted by Gasteiger charge is 2.04. The second-order valence-electron chi connectivity index (χ2n) is 4.11. The zero-order chi connectivity index (χ0) is 12.8. The van der Waals surface area contributed by atoms with Crippen molar-refractivity contribution >= 4 is 11.8 Å². The van der Waals surface area contributed by atoms with Gasteiger partial charge in [-0.25, -0.2) is 4.98 Å². The van der Waals surface area contributed by atoms with Crippen molar-refractivity contribution in [2.75, 3.05) is 23.8 Å². The van der Waals surface area contributed by atoms with Gasteiger partial charge in [-0.3, -0.25) is 0 Å². The molecule has 1 aromatic carbocycles. The minimum absolute atomic E-state index is 0.676. The summed E-state index contributed by atoms with van der Waals surface area (Å²) in [6, 6.07) is 12.3. The van der Waals surface area contributed by atoms with Gasteiger partial charge < -0.3 is 10.2 Å². The SMILES string of the molecule is CCNc1nccc(N(C)Cc2ccccc2)n1. The van der Waals surface area contributed by atoms with Crippen LogP contribution in [0.1, 0.15) is 12.5 Å². The first-order chi connectivity index (χ1) is 8.79. The fraction of sp³-hybridized carbons (Fsp3) is 0.286. The average Bonchev–Trinajstić information content (AvgIpc) is 2.40. The number of hydrogen-bond acceptors (Lipinski definition) is 4. The smallest absolute Gasteiger partial charge is 0.224 e. The van der Waals surface area contributed by atoms with Gasteiger partial charge in [0.25, 0.3) is 0 Å². The van der Waals surface area contributed by atoms with E-state index in [-0.39, 0.29) is 0 Å². The van der Waals surface area contributed by atoms with Gasteiger partial charge in [0.1, 0.15) is 5.82 Å². The molecule has 4 nitrogen and oxygen atoms in total. The standard InChI is InChI=1S/C14H18N4/c1-3-15-14-16-10-9-13(17-14)18(2)11-12-7-5-4-6-8-12/h4-10H,3,11H2,1-2H3,(H,15,16,17). The molecule has 0 atom stereocenters. The maximum atomic E-state index is 4.46. The first-order valence-corrected chi connectivity index (χ1v) is 6.11. The van der Waals surface area contributed by atoms with E-state index in [4.69, 9.17) is 0 Å². The van der Waals surface area contributed by atoms with Crippen molar-refractivity contribution in [3.8, 4) is 0 Å². The summed E-state index contributed by atoms with van der Waals surface area (Å²) in [5.74, 6) is 1.60. The molecule has 0 spiro atoms. The molecule has 94 valence electrons. The van der Waals surface area contributed by atoms with E-state index in [9.17, 15) is 0 Å². The Morgan fingerprint density at radius 1 is 1.17 bits per heavy atom. The monoisotopic (exact) mass is 242 g/mol. The third-order valence-corrected chi connectivity index (χ3v) is 2.63. The first-order valence-electron chi connectivity index (χ1n) is 6.11. The summed E-state index contributed by atoms with van der Waals surface area (Å²) in [6.07, 6.45) is 1.78. The van der Waals surface area contributed by atoms with Crippen LogP contribution in [0.5, 0.6) is 0 Å². The van der Waals surface area contributed by atoms with E-state index in [1.54, 1.807) is 6.20 Å². The van der Waals surface area contributed by atoms with Crippen LogP contribution in [0.25, 0.3) is 0 Å². The molecule has 0 unspecified atom stereocenters. The predicted molar refractivity (Wildman–Crippen MR) is 74.7 cm³/mol. The second kappa shape index (κ2) is 6.00. The van der Waals surface area contributed by atoms with E-state index in [0.29, 0.717) is 5.95 Å². The van der Waals surface area contributed by atoms with Gasteiger partial charge in [0.15, 0.2) is 0 Å². The van der Waals surface area contributed by atoms with Gasteiger partial charge in [0.05, 0.1) is 0 Å². The van der Waals surface area contributed by atoms with Crippen LogP contribution in [0.3, 0.4) is 0 Å². The fourth-order valence-corrected chi connectivity index (χ4v) is 1.74. The van der Waals surface area contributed by atoms with Crippen LogP contribution in [-0.4, -0.2) is 23.6 Å². The number of rotatable bonds is 5. The molecule has 1 aromatic heterocycles. The lowest BCUT2D eigenvalue weighted by molar-refractivity contribution is 0.890. The van der Waals surface area contributed by atoms with Crippen molar-refractivity contribution in [2.45, 2.75) is 13.5 Å². The zero-order valence-corrected chi connectivity index (χ0v) is 10.8. The summed E-state index contributed by atoms with van der Waals surface area (Å²) in [6.45, 7) is 3.69. The topological polar surface area (TPSA) is 41.1 Å². The quantitative estimate of drug-likeness (QED) is 0.874. The van der Waals surface area contributed by atoms with Crippen LogP contribution < -0.4 is 10.2 Å². The molecule has 0 radical (unpaired) electrons. The lowest BCUT2D eigenvalue weighted by atomic mass is 10.2. The lowest BCUT2D eigenvalue weighted by Crippen LogP contribution is -2.18. The molecule has 0 saturated heterocycles. The second-order valence-corrected chi connectivity index (χ2v) is 4.11. The largest absolute Gasteiger partial charge is 0.355 e. The van der Waals surface area contributed by atoms with Crippen LogP contribution in [-0.2, 0) is 6.54 Å². The van der Waals surface area contributed by atoms with Crippen LogP contribution in [0, 0.1) is 0 Å².